The van der Waals surface area contributed by atoms with E-state index in [1.807, 2.05) is 24.3 Å². The van der Waals surface area contributed by atoms with Gasteiger partial charge in [-0.05, 0) is 17.7 Å². The van der Waals surface area contributed by atoms with Crippen LogP contribution >= 0.6 is 0 Å². The molecule has 0 N–H and O–H groups in total. The zero-order chi connectivity index (χ0) is 12.5. The van der Waals surface area contributed by atoms with Gasteiger partial charge >= 0.3 is 0 Å². The number of nitriles is 1. The van der Waals surface area contributed by atoms with E-state index < -0.39 is 0 Å². The minimum Gasteiger partial charge on any atom is -0.252 e. The summed E-state index contributed by atoms with van der Waals surface area (Å²) in [6, 6.07) is 12.3. The van der Waals surface area contributed by atoms with Gasteiger partial charge in [0.05, 0.1) is 18.0 Å². The number of pyridine rings is 1. The zero-order valence-electron chi connectivity index (χ0n) is 10.5. The average Bonchev–Trinajstić information content (AvgIpc) is 2.28. The quantitative estimate of drug-likeness (QED) is 0.742. The van der Waals surface area contributed by atoms with Crippen molar-refractivity contribution in [2.45, 2.75) is 32.6 Å². The van der Waals surface area contributed by atoms with Gasteiger partial charge in [0.1, 0.15) is 0 Å². The minimum absolute atomic E-state index is 0.00817. The molecule has 0 saturated carbocycles. The summed E-state index contributed by atoms with van der Waals surface area (Å²) in [5.74, 6) is 0. The highest BCUT2D eigenvalue weighted by molar-refractivity contribution is 5.82. The van der Waals surface area contributed by atoms with E-state index in [-0.39, 0.29) is 5.41 Å². The molecule has 0 bridgehead atoms. The van der Waals surface area contributed by atoms with E-state index in [4.69, 9.17) is 5.26 Å². The molecular weight excluding hydrogens is 208 g/mol. The highest BCUT2D eigenvalue weighted by atomic mass is 14.7. The lowest BCUT2D eigenvalue weighted by molar-refractivity contribution is 0.571. The number of hydrogen-bond donors (Lipinski definition) is 0. The first-order valence-corrected chi connectivity index (χ1v) is 5.78. The van der Waals surface area contributed by atoms with E-state index in [2.05, 4.69) is 37.9 Å². The summed E-state index contributed by atoms with van der Waals surface area (Å²) in [5, 5.41) is 9.99. The number of benzene rings is 1. The molecule has 2 nitrogen and oxygen atoms in total. The van der Waals surface area contributed by atoms with Crippen molar-refractivity contribution in [2.24, 2.45) is 0 Å². The van der Waals surface area contributed by atoms with E-state index in [1.54, 1.807) is 0 Å². The number of fused-ring (bicyclic) bond motifs is 1. The Balaban J connectivity index is 2.72. The van der Waals surface area contributed by atoms with Crippen LogP contribution in [0.25, 0.3) is 10.9 Å². The number of rotatable bonds is 1. The van der Waals surface area contributed by atoms with Crippen molar-refractivity contribution in [3.05, 3.63) is 41.6 Å². The lowest BCUT2D eigenvalue weighted by Crippen LogP contribution is -2.14. The van der Waals surface area contributed by atoms with Gasteiger partial charge in [-0.1, -0.05) is 39.0 Å². The molecule has 2 aromatic rings. The summed E-state index contributed by atoms with van der Waals surface area (Å²) in [6.45, 7) is 6.42. The Bertz CT molecular complexity index is 586. The van der Waals surface area contributed by atoms with Crippen LogP contribution in [0.1, 0.15) is 32.0 Å². The van der Waals surface area contributed by atoms with E-state index in [1.165, 1.54) is 0 Å². The first-order valence-electron chi connectivity index (χ1n) is 5.78. The molecule has 0 spiro atoms. The molecule has 0 unspecified atom stereocenters. The van der Waals surface area contributed by atoms with Crippen LogP contribution in [0.3, 0.4) is 0 Å². The fourth-order valence-corrected chi connectivity index (χ4v) is 1.86. The van der Waals surface area contributed by atoms with Crippen LogP contribution in [0.2, 0.25) is 0 Å². The fraction of sp³-hybridized carbons (Fsp3) is 0.333. The van der Waals surface area contributed by atoms with Gasteiger partial charge in [0.15, 0.2) is 0 Å². The van der Waals surface area contributed by atoms with E-state index in [0.717, 1.165) is 22.2 Å². The predicted octanol–water partition coefficient (Wildman–Crippen LogP) is 3.60. The molecule has 17 heavy (non-hydrogen) atoms. The van der Waals surface area contributed by atoms with E-state index >= 15 is 0 Å². The Hall–Kier alpha value is -1.88. The fourth-order valence-electron chi connectivity index (χ4n) is 1.86. The minimum atomic E-state index is 0.00817. The van der Waals surface area contributed by atoms with Gasteiger partial charge in [0, 0.05) is 16.5 Å². The van der Waals surface area contributed by atoms with Crippen molar-refractivity contribution in [2.75, 3.05) is 0 Å². The van der Waals surface area contributed by atoms with Crippen LogP contribution in [0, 0.1) is 11.3 Å². The summed E-state index contributed by atoms with van der Waals surface area (Å²) in [5.41, 5.74) is 3.10. The molecule has 0 fully saturated rings. The highest BCUT2D eigenvalue weighted by Gasteiger charge is 2.17. The molecule has 86 valence electrons. The molecule has 0 aliphatic rings. The average molecular weight is 224 g/mol. The van der Waals surface area contributed by atoms with Crippen molar-refractivity contribution < 1.29 is 0 Å². The second kappa shape index (κ2) is 4.18. The molecule has 0 aliphatic carbocycles. The topological polar surface area (TPSA) is 36.7 Å². The SMILES string of the molecule is CC(C)(C)c1cc(CC#N)c2ccccc2n1. The third-order valence-corrected chi connectivity index (χ3v) is 2.84. The molecule has 0 atom stereocenters. The molecule has 0 radical (unpaired) electrons. The third kappa shape index (κ3) is 2.29. The van der Waals surface area contributed by atoms with Gasteiger partial charge < -0.3 is 0 Å². The first kappa shape index (κ1) is 11.6. The normalized spacial score (nSPS) is 11.4. The summed E-state index contributed by atoms with van der Waals surface area (Å²) in [6.07, 6.45) is 0.437. The van der Waals surface area contributed by atoms with Crippen molar-refractivity contribution in [1.82, 2.24) is 4.98 Å². The molecule has 1 aromatic carbocycles. The Labute approximate surface area is 102 Å². The maximum Gasteiger partial charge on any atom is 0.0708 e. The maximum atomic E-state index is 8.90. The van der Waals surface area contributed by atoms with Crippen LogP contribution in [0.15, 0.2) is 30.3 Å². The van der Waals surface area contributed by atoms with Crippen LogP contribution in [-0.2, 0) is 11.8 Å². The van der Waals surface area contributed by atoms with Gasteiger partial charge in [0.25, 0.3) is 0 Å². The monoisotopic (exact) mass is 224 g/mol. The number of para-hydroxylation sites is 1. The second-order valence-electron chi connectivity index (χ2n) is 5.27. The van der Waals surface area contributed by atoms with Crippen LogP contribution in [0.5, 0.6) is 0 Å². The van der Waals surface area contributed by atoms with Crippen molar-refractivity contribution >= 4 is 10.9 Å². The smallest absolute Gasteiger partial charge is 0.0708 e. The van der Waals surface area contributed by atoms with Crippen molar-refractivity contribution in [3.63, 3.8) is 0 Å². The van der Waals surface area contributed by atoms with Gasteiger partial charge in [0.2, 0.25) is 0 Å². The molecule has 0 aliphatic heterocycles. The molecule has 0 saturated heterocycles. The first-order chi connectivity index (χ1) is 8.02. The molecule has 1 aromatic heterocycles. The van der Waals surface area contributed by atoms with E-state index in [9.17, 15) is 0 Å². The number of hydrogen-bond acceptors (Lipinski definition) is 2. The van der Waals surface area contributed by atoms with Gasteiger partial charge in [-0.15, -0.1) is 0 Å². The predicted molar refractivity (Wildman–Crippen MR) is 69.8 cm³/mol. The van der Waals surface area contributed by atoms with Crippen molar-refractivity contribution in [3.8, 4) is 6.07 Å². The van der Waals surface area contributed by atoms with Crippen molar-refractivity contribution in [1.29, 1.82) is 5.26 Å². The summed E-state index contributed by atoms with van der Waals surface area (Å²) < 4.78 is 0. The van der Waals surface area contributed by atoms with Gasteiger partial charge in [-0.3, -0.25) is 4.98 Å². The van der Waals surface area contributed by atoms with E-state index in [0.29, 0.717) is 6.42 Å². The maximum absolute atomic E-state index is 8.90. The molecule has 2 heteroatoms. The van der Waals surface area contributed by atoms with Gasteiger partial charge in [-0.25, -0.2) is 0 Å². The Kier molecular flexibility index (Phi) is 2.85. The molecule has 1 heterocycles. The molecule has 2 rings (SSSR count). The second-order valence-corrected chi connectivity index (χ2v) is 5.27. The van der Waals surface area contributed by atoms with Crippen LogP contribution < -0.4 is 0 Å². The summed E-state index contributed by atoms with van der Waals surface area (Å²) in [7, 11) is 0. The van der Waals surface area contributed by atoms with Crippen LogP contribution in [0.4, 0.5) is 0 Å². The molecule has 0 amide bonds. The lowest BCUT2D eigenvalue weighted by Gasteiger charge is -2.19. The number of aromatic nitrogens is 1. The van der Waals surface area contributed by atoms with Gasteiger partial charge in [-0.2, -0.15) is 5.26 Å². The summed E-state index contributed by atoms with van der Waals surface area (Å²) >= 11 is 0. The lowest BCUT2D eigenvalue weighted by atomic mass is 9.89. The molecular formula is C15H16N2. The standard InChI is InChI=1S/C15H16N2/c1-15(2,3)14-10-11(8-9-16)12-6-4-5-7-13(12)17-14/h4-7,10H,8H2,1-3H3. The number of nitrogens with zero attached hydrogens (tertiary/aromatic N) is 2. The Morgan fingerprint density at radius 3 is 2.59 bits per heavy atom. The summed E-state index contributed by atoms with van der Waals surface area (Å²) in [4.78, 5) is 4.68. The largest absolute Gasteiger partial charge is 0.252 e. The third-order valence-electron chi connectivity index (χ3n) is 2.84. The Morgan fingerprint density at radius 1 is 1.24 bits per heavy atom. The highest BCUT2D eigenvalue weighted by Crippen LogP contribution is 2.26. The van der Waals surface area contributed by atoms with Crippen LogP contribution in [-0.4, -0.2) is 4.98 Å². The Morgan fingerprint density at radius 2 is 1.94 bits per heavy atom. The zero-order valence-corrected chi connectivity index (χ0v) is 10.5.